The molecule has 0 radical (unpaired) electrons. The van der Waals surface area contributed by atoms with E-state index < -0.39 is 11.6 Å². The lowest BCUT2D eigenvalue weighted by atomic mass is 9.94. The molecule has 2 aromatic rings. The van der Waals surface area contributed by atoms with E-state index in [4.69, 9.17) is 27.9 Å². The first kappa shape index (κ1) is 21.4. The number of hydrogen-bond donors (Lipinski definition) is 2. The van der Waals surface area contributed by atoms with Crippen LogP contribution in [0.25, 0.3) is 0 Å². The molecule has 3 amide bonds. The number of nitrogens with one attached hydrogen (secondary N) is 2. The summed E-state index contributed by atoms with van der Waals surface area (Å²) in [7, 11) is 0. The Hall–Kier alpha value is -2.28. The van der Waals surface area contributed by atoms with Crippen molar-refractivity contribution in [1.29, 1.82) is 0 Å². The van der Waals surface area contributed by atoms with E-state index in [0.29, 0.717) is 47.6 Å². The van der Waals surface area contributed by atoms with Crippen molar-refractivity contribution in [3.63, 3.8) is 0 Å². The van der Waals surface area contributed by atoms with Gasteiger partial charge in [-0.3, -0.25) is 4.79 Å². The number of urea groups is 1. The fourth-order valence-corrected chi connectivity index (χ4v) is 3.41. The van der Waals surface area contributed by atoms with Crippen molar-refractivity contribution in [2.75, 3.05) is 31.6 Å². The summed E-state index contributed by atoms with van der Waals surface area (Å²) in [6.45, 7) is 5.81. The predicted octanol–water partition coefficient (Wildman–Crippen LogP) is 4.52. The zero-order chi connectivity index (χ0) is 21.0. The maximum atomic E-state index is 12.8. The van der Waals surface area contributed by atoms with Gasteiger partial charge in [0.2, 0.25) is 0 Å². The lowest BCUT2D eigenvalue weighted by Crippen LogP contribution is -2.44. The minimum atomic E-state index is -0.707. The number of benzene rings is 2. The number of morpholine rings is 1. The standard InChI is InChI=1S/C21H23Cl2N3O3/c1-21(2,14-7-8-16(22)17(23)13-14)25-20(28)24-18-6-4-3-5-15(18)19(27)26-9-11-29-12-10-26/h3-8,13H,9-12H2,1-2H3,(H2,24,25,28). The van der Waals surface area contributed by atoms with Crippen LogP contribution in [-0.2, 0) is 10.3 Å². The number of amides is 3. The number of hydrogen-bond acceptors (Lipinski definition) is 3. The zero-order valence-electron chi connectivity index (χ0n) is 16.3. The van der Waals surface area contributed by atoms with Crippen molar-refractivity contribution >= 4 is 40.8 Å². The SMILES string of the molecule is CC(C)(NC(=O)Nc1ccccc1C(=O)N1CCOCC1)c1ccc(Cl)c(Cl)c1. The molecule has 1 fully saturated rings. The lowest BCUT2D eigenvalue weighted by molar-refractivity contribution is 0.0303. The molecule has 0 bridgehead atoms. The summed E-state index contributed by atoms with van der Waals surface area (Å²) < 4.78 is 5.30. The van der Waals surface area contributed by atoms with Crippen LogP contribution in [0.3, 0.4) is 0 Å². The van der Waals surface area contributed by atoms with Gasteiger partial charge in [0.1, 0.15) is 0 Å². The quantitative estimate of drug-likeness (QED) is 0.741. The van der Waals surface area contributed by atoms with Gasteiger partial charge in [0, 0.05) is 13.1 Å². The third-order valence-electron chi connectivity index (χ3n) is 4.77. The fourth-order valence-electron chi connectivity index (χ4n) is 3.11. The summed E-state index contributed by atoms with van der Waals surface area (Å²) in [6.07, 6.45) is 0. The van der Waals surface area contributed by atoms with E-state index in [9.17, 15) is 9.59 Å². The van der Waals surface area contributed by atoms with Crippen molar-refractivity contribution in [1.82, 2.24) is 10.2 Å². The molecule has 0 atom stereocenters. The second-order valence-corrected chi connectivity index (χ2v) is 8.10. The number of ether oxygens (including phenoxy) is 1. The van der Waals surface area contributed by atoms with E-state index in [-0.39, 0.29) is 5.91 Å². The molecule has 0 spiro atoms. The summed E-state index contributed by atoms with van der Waals surface area (Å²) in [5.74, 6) is -0.132. The number of nitrogens with zero attached hydrogens (tertiary/aromatic N) is 1. The molecular formula is C21H23Cl2N3O3. The summed E-state index contributed by atoms with van der Waals surface area (Å²) >= 11 is 12.1. The highest BCUT2D eigenvalue weighted by Gasteiger charge is 2.25. The smallest absolute Gasteiger partial charge is 0.319 e. The summed E-state index contributed by atoms with van der Waals surface area (Å²) in [5, 5.41) is 6.58. The number of carbonyl (C=O) groups excluding carboxylic acids is 2. The Bertz CT molecular complexity index is 912. The number of carbonyl (C=O) groups is 2. The molecule has 8 heteroatoms. The van der Waals surface area contributed by atoms with Gasteiger partial charge in [0.15, 0.2) is 0 Å². The maximum Gasteiger partial charge on any atom is 0.319 e. The molecule has 6 nitrogen and oxygen atoms in total. The van der Waals surface area contributed by atoms with Gasteiger partial charge in [0.25, 0.3) is 5.91 Å². The van der Waals surface area contributed by atoms with Gasteiger partial charge in [-0.1, -0.05) is 41.4 Å². The Morgan fingerprint density at radius 3 is 2.41 bits per heavy atom. The molecule has 1 saturated heterocycles. The van der Waals surface area contributed by atoms with E-state index >= 15 is 0 Å². The van der Waals surface area contributed by atoms with Gasteiger partial charge >= 0.3 is 6.03 Å². The Labute approximate surface area is 180 Å². The molecule has 1 aliphatic rings. The van der Waals surface area contributed by atoms with Crippen molar-refractivity contribution in [3.05, 3.63) is 63.6 Å². The third kappa shape index (κ3) is 5.21. The first-order chi connectivity index (χ1) is 13.8. The number of anilines is 1. The Kier molecular flexibility index (Phi) is 6.67. The fraction of sp³-hybridized carbons (Fsp3) is 0.333. The minimum absolute atomic E-state index is 0.132. The van der Waals surface area contributed by atoms with Crippen LogP contribution in [0.5, 0.6) is 0 Å². The van der Waals surface area contributed by atoms with Crippen LogP contribution in [0.1, 0.15) is 29.8 Å². The minimum Gasteiger partial charge on any atom is -0.378 e. The van der Waals surface area contributed by atoms with E-state index in [1.807, 2.05) is 19.9 Å². The second-order valence-electron chi connectivity index (χ2n) is 7.28. The van der Waals surface area contributed by atoms with Crippen molar-refractivity contribution in [2.24, 2.45) is 0 Å². The first-order valence-electron chi connectivity index (χ1n) is 9.29. The van der Waals surface area contributed by atoms with Crippen LogP contribution in [0.15, 0.2) is 42.5 Å². The first-order valence-corrected chi connectivity index (χ1v) is 10.0. The molecule has 3 rings (SSSR count). The zero-order valence-corrected chi connectivity index (χ0v) is 17.8. The Morgan fingerprint density at radius 1 is 1.03 bits per heavy atom. The van der Waals surface area contributed by atoms with Gasteiger partial charge in [-0.15, -0.1) is 0 Å². The van der Waals surface area contributed by atoms with Gasteiger partial charge in [-0.05, 0) is 43.7 Å². The highest BCUT2D eigenvalue weighted by Crippen LogP contribution is 2.28. The molecule has 29 heavy (non-hydrogen) atoms. The Morgan fingerprint density at radius 2 is 1.72 bits per heavy atom. The van der Waals surface area contributed by atoms with Crippen molar-refractivity contribution < 1.29 is 14.3 Å². The van der Waals surface area contributed by atoms with E-state index in [0.717, 1.165) is 5.56 Å². The van der Waals surface area contributed by atoms with E-state index in [2.05, 4.69) is 10.6 Å². The summed E-state index contributed by atoms with van der Waals surface area (Å²) in [5.41, 5.74) is 0.990. The highest BCUT2D eigenvalue weighted by molar-refractivity contribution is 6.42. The molecule has 0 unspecified atom stereocenters. The molecule has 1 heterocycles. The summed E-state index contributed by atoms with van der Waals surface area (Å²) in [4.78, 5) is 27.3. The largest absolute Gasteiger partial charge is 0.378 e. The average molecular weight is 436 g/mol. The van der Waals surface area contributed by atoms with Crippen molar-refractivity contribution in [2.45, 2.75) is 19.4 Å². The molecule has 1 aliphatic heterocycles. The summed E-state index contributed by atoms with van der Waals surface area (Å²) in [6, 6.07) is 11.8. The molecular weight excluding hydrogens is 413 g/mol. The van der Waals surface area contributed by atoms with Gasteiger partial charge in [0.05, 0.1) is 40.0 Å². The molecule has 154 valence electrons. The monoisotopic (exact) mass is 435 g/mol. The van der Waals surface area contributed by atoms with Crippen molar-refractivity contribution in [3.8, 4) is 0 Å². The number of halogens is 2. The van der Waals surface area contributed by atoms with E-state index in [1.165, 1.54) is 0 Å². The average Bonchev–Trinajstić information content (AvgIpc) is 2.70. The van der Waals surface area contributed by atoms with Gasteiger partial charge in [-0.25, -0.2) is 4.79 Å². The molecule has 0 saturated carbocycles. The molecule has 2 N–H and O–H groups in total. The van der Waals surface area contributed by atoms with Gasteiger partial charge in [-0.2, -0.15) is 0 Å². The topological polar surface area (TPSA) is 70.7 Å². The van der Waals surface area contributed by atoms with Crippen LogP contribution in [0, 0.1) is 0 Å². The lowest BCUT2D eigenvalue weighted by Gasteiger charge is -2.29. The highest BCUT2D eigenvalue weighted by atomic mass is 35.5. The van der Waals surface area contributed by atoms with Crippen LogP contribution in [-0.4, -0.2) is 43.1 Å². The second kappa shape index (κ2) is 9.03. The van der Waals surface area contributed by atoms with Crippen LogP contribution in [0.2, 0.25) is 10.0 Å². The molecule has 0 aromatic heterocycles. The molecule has 2 aromatic carbocycles. The van der Waals surface area contributed by atoms with Crippen LogP contribution < -0.4 is 10.6 Å². The number of para-hydroxylation sites is 1. The van der Waals surface area contributed by atoms with E-state index in [1.54, 1.807) is 41.3 Å². The molecule has 0 aliphatic carbocycles. The normalized spacial score (nSPS) is 14.4. The third-order valence-corrected chi connectivity index (χ3v) is 5.51. The number of rotatable bonds is 4. The Balaban J connectivity index is 1.73. The van der Waals surface area contributed by atoms with Crippen LogP contribution in [0.4, 0.5) is 10.5 Å². The van der Waals surface area contributed by atoms with Gasteiger partial charge < -0.3 is 20.3 Å². The maximum absolute atomic E-state index is 12.8. The predicted molar refractivity (Wildman–Crippen MR) is 115 cm³/mol. The van der Waals surface area contributed by atoms with Crippen LogP contribution >= 0.6 is 23.2 Å².